The van der Waals surface area contributed by atoms with Gasteiger partial charge in [-0.05, 0) is 41.8 Å². The molecule has 0 bridgehead atoms. The molecule has 0 aliphatic rings. The molecule has 5 heteroatoms. The SMILES string of the molecule is CCCCn1c(-c2ccccc2)nc(-c2ccccc2)c1CN(Cc1ccc(Cl)cc1)Cc1ccc(OC)cc1. The molecule has 204 valence electrons. The first kappa shape index (κ1) is 27.7. The van der Waals surface area contributed by atoms with Gasteiger partial charge in [0.2, 0.25) is 0 Å². The smallest absolute Gasteiger partial charge is 0.140 e. The van der Waals surface area contributed by atoms with Crippen molar-refractivity contribution in [2.24, 2.45) is 0 Å². The molecule has 0 N–H and O–H groups in total. The molecule has 0 saturated carbocycles. The van der Waals surface area contributed by atoms with Crippen LogP contribution in [-0.4, -0.2) is 21.6 Å². The van der Waals surface area contributed by atoms with Crippen molar-refractivity contribution < 1.29 is 4.74 Å². The van der Waals surface area contributed by atoms with E-state index in [4.69, 9.17) is 21.3 Å². The maximum absolute atomic E-state index is 6.22. The Morgan fingerprint density at radius 2 is 1.30 bits per heavy atom. The van der Waals surface area contributed by atoms with Crippen LogP contribution in [0.25, 0.3) is 22.6 Å². The summed E-state index contributed by atoms with van der Waals surface area (Å²) in [7, 11) is 1.70. The number of methoxy groups -OCH3 is 1. The lowest BCUT2D eigenvalue weighted by Crippen LogP contribution is -2.24. The predicted octanol–water partition coefficient (Wildman–Crippen LogP) is 8.88. The molecule has 0 aliphatic heterocycles. The van der Waals surface area contributed by atoms with Crippen LogP contribution in [0.5, 0.6) is 5.75 Å². The number of halogens is 1. The molecule has 0 fully saturated rings. The zero-order chi connectivity index (χ0) is 27.7. The van der Waals surface area contributed by atoms with Gasteiger partial charge in [-0.1, -0.05) is 110 Å². The van der Waals surface area contributed by atoms with Crippen molar-refractivity contribution in [1.29, 1.82) is 0 Å². The van der Waals surface area contributed by atoms with Gasteiger partial charge in [-0.25, -0.2) is 4.98 Å². The quantitative estimate of drug-likeness (QED) is 0.156. The molecule has 0 saturated heterocycles. The molecule has 0 aliphatic carbocycles. The van der Waals surface area contributed by atoms with Crippen LogP contribution in [-0.2, 0) is 26.2 Å². The molecule has 0 atom stereocenters. The summed E-state index contributed by atoms with van der Waals surface area (Å²) < 4.78 is 7.85. The molecule has 5 aromatic rings. The van der Waals surface area contributed by atoms with Gasteiger partial charge in [0.1, 0.15) is 11.6 Å². The Kier molecular flexibility index (Phi) is 9.33. The Morgan fingerprint density at radius 1 is 0.725 bits per heavy atom. The molecule has 0 amide bonds. The Morgan fingerprint density at radius 3 is 1.88 bits per heavy atom. The third-order valence-corrected chi connectivity index (χ3v) is 7.40. The second-order valence-electron chi connectivity index (χ2n) is 10.1. The van der Waals surface area contributed by atoms with Crippen LogP contribution >= 0.6 is 11.6 Å². The average Bonchev–Trinajstić information content (AvgIpc) is 3.36. The summed E-state index contributed by atoms with van der Waals surface area (Å²) in [6, 6.07) is 37.7. The van der Waals surface area contributed by atoms with Gasteiger partial charge in [-0.2, -0.15) is 0 Å². The van der Waals surface area contributed by atoms with Gasteiger partial charge in [0.05, 0.1) is 18.5 Å². The minimum absolute atomic E-state index is 0.752. The fraction of sp³-hybridized carbons (Fsp3) is 0.229. The van der Waals surface area contributed by atoms with Crippen molar-refractivity contribution >= 4 is 11.6 Å². The second-order valence-corrected chi connectivity index (χ2v) is 10.5. The molecular weight excluding hydrogens is 514 g/mol. The normalized spacial score (nSPS) is 11.2. The number of hydrogen-bond donors (Lipinski definition) is 0. The molecule has 0 unspecified atom stereocenters. The van der Waals surface area contributed by atoms with Crippen molar-refractivity contribution in [3.63, 3.8) is 0 Å². The molecule has 0 radical (unpaired) electrons. The Labute approximate surface area is 242 Å². The van der Waals surface area contributed by atoms with Gasteiger partial charge >= 0.3 is 0 Å². The van der Waals surface area contributed by atoms with Crippen molar-refractivity contribution in [1.82, 2.24) is 14.5 Å². The lowest BCUT2D eigenvalue weighted by Gasteiger charge is -2.25. The van der Waals surface area contributed by atoms with Gasteiger partial charge < -0.3 is 9.30 Å². The first-order chi connectivity index (χ1) is 19.6. The van der Waals surface area contributed by atoms with Gasteiger partial charge in [0.25, 0.3) is 0 Å². The van der Waals surface area contributed by atoms with Gasteiger partial charge in [0.15, 0.2) is 0 Å². The lowest BCUT2D eigenvalue weighted by atomic mass is 10.1. The second kappa shape index (κ2) is 13.5. The highest BCUT2D eigenvalue weighted by Crippen LogP contribution is 2.32. The first-order valence-electron chi connectivity index (χ1n) is 13.9. The summed E-state index contributed by atoms with van der Waals surface area (Å²) in [5.74, 6) is 1.89. The maximum Gasteiger partial charge on any atom is 0.140 e. The van der Waals surface area contributed by atoms with Crippen LogP contribution in [0.4, 0.5) is 0 Å². The van der Waals surface area contributed by atoms with E-state index >= 15 is 0 Å². The summed E-state index contributed by atoms with van der Waals surface area (Å²) in [5, 5.41) is 0.752. The van der Waals surface area contributed by atoms with E-state index in [1.807, 2.05) is 24.3 Å². The average molecular weight is 550 g/mol. The summed E-state index contributed by atoms with van der Waals surface area (Å²) in [5.41, 5.74) is 7.02. The van der Waals surface area contributed by atoms with E-state index < -0.39 is 0 Å². The van der Waals surface area contributed by atoms with Crippen molar-refractivity contribution in [2.45, 2.75) is 45.9 Å². The summed E-state index contributed by atoms with van der Waals surface area (Å²) >= 11 is 6.22. The molecule has 1 aromatic heterocycles. The fourth-order valence-electron chi connectivity index (χ4n) is 5.06. The number of benzene rings is 4. The van der Waals surface area contributed by atoms with Crippen molar-refractivity contribution in [3.05, 3.63) is 131 Å². The number of nitrogens with zero attached hydrogens (tertiary/aromatic N) is 3. The highest BCUT2D eigenvalue weighted by molar-refractivity contribution is 6.30. The highest BCUT2D eigenvalue weighted by Gasteiger charge is 2.22. The van der Waals surface area contributed by atoms with E-state index in [9.17, 15) is 0 Å². The lowest BCUT2D eigenvalue weighted by molar-refractivity contribution is 0.241. The van der Waals surface area contributed by atoms with Crippen molar-refractivity contribution in [2.75, 3.05) is 7.11 Å². The van der Waals surface area contributed by atoms with Crippen LogP contribution < -0.4 is 4.74 Å². The van der Waals surface area contributed by atoms with Gasteiger partial charge in [-0.3, -0.25) is 4.90 Å². The predicted molar refractivity (Wildman–Crippen MR) is 165 cm³/mol. The van der Waals surface area contributed by atoms with E-state index in [2.05, 4.69) is 101 Å². The minimum atomic E-state index is 0.752. The standard InChI is InChI=1S/C35H36ClN3O/c1-3-4-23-39-33(34(29-11-7-5-8-12-29)37-35(39)30-13-9-6-10-14-30)26-38(24-27-15-19-31(36)20-16-27)25-28-17-21-32(40-2)22-18-28/h5-22H,3-4,23-26H2,1-2H3. The number of hydrogen-bond acceptors (Lipinski definition) is 3. The Balaban J connectivity index is 1.59. The topological polar surface area (TPSA) is 30.3 Å². The third-order valence-electron chi connectivity index (χ3n) is 7.15. The molecule has 40 heavy (non-hydrogen) atoms. The number of imidazole rings is 1. The van der Waals surface area contributed by atoms with Crippen molar-refractivity contribution in [3.8, 4) is 28.4 Å². The van der Waals surface area contributed by atoms with E-state index in [1.54, 1.807) is 7.11 Å². The van der Waals surface area contributed by atoms with Gasteiger partial charge in [0, 0.05) is 42.3 Å². The number of rotatable bonds is 12. The number of aromatic nitrogens is 2. The fourth-order valence-corrected chi connectivity index (χ4v) is 5.18. The Hall–Kier alpha value is -3.86. The van der Waals surface area contributed by atoms with E-state index in [-0.39, 0.29) is 0 Å². The monoisotopic (exact) mass is 549 g/mol. The Bertz CT molecular complexity index is 1480. The molecule has 4 aromatic carbocycles. The van der Waals surface area contributed by atoms with Crippen LogP contribution in [0.15, 0.2) is 109 Å². The summed E-state index contributed by atoms with van der Waals surface area (Å²) in [6.45, 7) is 5.50. The molecular formula is C35H36ClN3O. The molecule has 0 spiro atoms. The largest absolute Gasteiger partial charge is 0.497 e. The van der Waals surface area contributed by atoms with E-state index in [0.717, 1.165) is 72.4 Å². The summed E-state index contributed by atoms with van der Waals surface area (Å²) in [4.78, 5) is 7.80. The van der Waals surface area contributed by atoms with Gasteiger partial charge in [-0.15, -0.1) is 0 Å². The molecule has 5 rings (SSSR count). The third kappa shape index (κ3) is 6.82. The molecule has 1 heterocycles. The first-order valence-corrected chi connectivity index (χ1v) is 14.3. The van der Waals surface area contributed by atoms with Crippen LogP contribution in [0.1, 0.15) is 36.6 Å². The van der Waals surface area contributed by atoms with Crippen LogP contribution in [0.3, 0.4) is 0 Å². The van der Waals surface area contributed by atoms with E-state index in [0.29, 0.717) is 0 Å². The van der Waals surface area contributed by atoms with Crippen LogP contribution in [0.2, 0.25) is 5.02 Å². The number of unbranched alkanes of at least 4 members (excludes halogenated alkanes) is 1. The zero-order valence-electron chi connectivity index (χ0n) is 23.3. The highest BCUT2D eigenvalue weighted by atomic mass is 35.5. The number of ether oxygens (including phenoxy) is 1. The summed E-state index contributed by atoms with van der Waals surface area (Å²) in [6.07, 6.45) is 2.21. The van der Waals surface area contributed by atoms with Crippen LogP contribution in [0, 0.1) is 0 Å². The van der Waals surface area contributed by atoms with E-state index in [1.165, 1.54) is 16.8 Å². The minimum Gasteiger partial charge on any atom is -0.497 e. The molecule has 4 nitrogen and oxygen atoms in total. The maximum atomic E-state index is 6.22. The zero-order valence-corrected chi connectivity index (χ0v) is 24.0.